The van der Waals surface area contributed by atoms with Gasteiger partial charge in [-0.05, 0) is 82.1 Å². The first-order chi connectivity index (χ1) is 18.3. The van der Waals surface area contributed by atoms with Gasteiger partial charge in [0.05, 0.1) is 28.3 Å². The molecule has 0 aliphatic heterocycles. The largest absolute Gasteiger partial charge is 0.406 e. The van der Waals surface area contributed by atoms with Crippen molar-refractivity contribution in [3.63, 3.8) is 0 Å². The van der Waals surface area contributed by atoms with E-state index in [4.69, 9.17) is 0 Å². The van der Waals surface area contributed by atoms with Crippen LogP contribution in [0.25, 0.3) is 10.9 Å². The van der Waals surface area contributed by atoms with Crippen LogP contribution in [0.2, 0.25) is 0 Å². The van der Waals surface area contributed by atoms with Gasteiger partial charge in [0, 0.05) is 29.4 Å². The van der Waals surface area contributed by atoms with Crippen molar-refractivity contribution < 1.29 is 26.0 Å². The number of nitrogens with one attached hydrogen (secondary N) is 2. The lowest BCUT2D eigenvalue weighted by Crippen LogP contribution is -2.36. The van der Waals surface area contributed by atoms with E-state index in [1.807, 2.05) is 6.07 Å². The van der Waals surface area contributed by atoms with Crippen molar-refractivity contribution >= 4 is 32.1 Å². The maximum absolute atomic E-state index is 14.3. The lowest BCUT2D eigenvalue weighted by Gasteiger charge is -2.33. The number of alkyl halides is 3. The van der Waals surface area contributed by atoms with Crippen molar-refractivity contribution in [2.24, 2.45) is 0 Å². The molecule has 1 saturated carbocycles. The molecule has 0 amide bonds. The molecule has 11 heteroatoms. The van der Waals surface area contributed by atoms with Crippen LogP contribution in [0, 0.1) is 17.7 Å². The molecule has 1 heterocycles. The number of rotatable bonds is 7. The molecule has 0 saturated heterocycles. The lowest BCUT2D eigenvalue weighted by atomic mass is 9.90. The summed E-state index contributed by atoms with van der Waals surface area (Å²) in [6.07, 6.45) is 0.592. The van der Waals surface area contributed by atoms with Crippen molar-refractivity contribution in [1.82, 2.24) is 9.47 Å². The second-order valence-corrected chi connectivity index (χ2v) is 12.2. The summed E-state index contributed by atoms with van der Waals surface area (Å²) < 4.78 is 79.1. The second kappa shape index (κ2) is 11.5. The van der Waals surface area contributed by atoms with E-state index in [2.05, 4.69) is 41.5 Å². The van der Waals surface area contributed by atoms with Crippen LogP contribution in [0.4, 0.5) is 28.9 Å². The van der Waals surface area contributed by atoms with Crippen molar-refractivity contribution in [1.29, 1.82) is 0 Å². The Balaban J connectivity index is 1.56. The summed E-state index contributed by atoms with van der Waals surface area (Å²) in [6.45, 7) is -1.24. The van der Waals surface area contributed by atoms with Gasteiger partial charge in [-0.2, -0.15) is 13.2 Å². The zero-order chi connectivity index (χ0) is 28.4. The molecule has 4 rings (SSSR count). The summed E-state index contributed by atoms with van der Waals surface area (Å²) in [7, 11) is 0.598. The Morgan fingerprint density at radius 2 is 1.77 bits per heavy atom. The first-order valence-electron chi connectivity index (χ1n) is 12.7. The van der Waals surface area contributed by atoms with Crippen LogP contribution in [0.15, 0.2) is 47.4 Å². The van der Waals surface area contributed by atoms with Crippen LogP contribution in [0.3, 0.4) is 0 Å². The van der Waals surface area contributed by atoms with Crippen molar-refractivity contribution in [2.75, 3.05) is 37.5 Å². The summed E-state index contributed by atoms with van der Waals surface area (Å²) in [5, 5.41) is 6.95. The maximum atomic E-state index is 14.3. The van der Waals surface area contributed by atoms with E-state index in [1.54, 1.807) is 18.2 Å². The molecular weight excluding hydrogens is 532 g/mol. The third-order valence-corrected chi connectivity index (χ3v) is 8.13. The minimum atomic E-state index is -4.45. The van der Waals surface area contributed by atoms with Crippen LogP contribution in [-0.4, -0.2) is 63.0 Å². The van der Waals surface area contributed by atoms with Gasteiger partial charge < -0.3 is 20.1 Å². The highest BCUT2D eigenvalue weighted by atomic mass is 32.2. The molecule has 0 bridgehead atoms. The molecule has 1 aliphatic rings. The molecule has 1 fully saturated rings. The highest BCUT2D eigenvalue weighted by Crippen LogP contribution is 2.32. The zero-order valence-electron chi connectivity index (χ0n) is 22.1. The Labute approximate surface area is 226 Å². The number of sulfone groups is 1. The standard InChI is InChI=1S/C28H32F4N4O2S/c1-35(2)20-11-9-19(10-12-20)34-25-7-4-8-27-23(25)16-21(36(27)18-28(30,31)32)6-5-15-33-26-14-13-22(17-24(26)29)39(3,37)38/h4,7-8,13-14,16-17,19-20,33-34H,9-12,15,18H2,1-3H3/t19-,20+. The van der Waals surface area contributed by atoms with Gasteiger partial charge in [-0.1, -0.05) is 12.0 Å². The third kappa shape index (κ3) is 7.25. The van der Waals surface area contributed by atoms with Gasteiger partial charge in [-0.15, -0.1) is 0 Å². The number of aromatic nitrogens is 1. The number of fused-ring (bicyclic) bond motifs is 1. The Morgan fingerprint density at radius 1 is 1.05 bits per heavy atom. The predicted octanol–water partition coefficient (Wildman–Crippen LogP) is 5.49. The quantitative estimate of drug-likeness (QED) is 0.293. The minimum absolute atomic E-state index is 0.0445. The number of halogens is 4. The van der Waals surface area contributed by atoms with E-state index in [0.29, 0.717) is 16.9 Å². The normalized spacial score (nSPS) is 18.2. The molecule has 0 atom stereocenters. The molecule has 39 heavy (non-hydrogen) atoms. The van der Waals surface area contributed by atoms with Gasteiger partial charge >= 0.3 is 6.18 Å². The molecule has 210 valence electrons. The predicted molar refractivity (Wildman–Crippen MR) is 146 cm³/mol. The Kier molecular flexibility index (Phi) is 8.47. The van der Waals surface area contributed by atoms with E-state index in [-0.39, 0.29) is 28.9 Å². The fourth-order valence-electron chi connectivity index (χ4n) is 4.96. The summed E-state index contributed by atoms with van der Waals surface area (Å²) in [4.78, 5) is 2.08. The van der Waals surface area contributed by atoms with E-state index in [1.165, 1.54) is 12.1 Å². The first-order valence-corrected chi connectivity index (χ1v) is 14.6. The molecule has 2 N–H and O–H groups in total. The van der Waals surface area contributed by atoms with Crippen LogP contribution >= 0.6 is 0 Å². The highest BCUT2D eigenvalue weighted by molar-refractivity contribution is 7.90. The summed E-state index contributed by atoms with van der Waals surface area (Å²) in [5.41, 5.74) is 1.44. The van der Waals surface area contributed by atoms with Crippen molar-refractivity contribution in [2.45, 2.75) is 55.4 Å². The van der Waals surface area contributed by atoms with Gasteiger partial charge in [-0.25, -0.2) is 12.8 Å². The van der Waals surface area contributed by atoms with Crippen molar-refractivity contribution in [3.8, 4) is 11.8 Å². The van der Waals surface area contributed by atoms with Crippen LogP contribution in [0.1, 0.15) is 31.4 Å². The number of hydrogen-bond donors (Lipinski definition) is 2. The van der Waals surface area contributed by atoms with Gasteiger partial charge in [0.2, 0.25) is 0 Å². The van der Waals surface area contributed by atoms with E-state index in [9.17, 15) is 26.0 Å². The van der Waals surface area contributed by atoms with Crippen LogP contribution in [0.5, 0.6) is 0 Å². The monoisotopic (exact) mass is 564 g/mol. The van der Waals surface area contributed by atoms with Crippen LogP contribution < -0.4 is 10.6 Å². The van der Waals surface area contributed by atoms with Gasteiger partial charge in [0.25, 0.3) is 0 Å². The molecule has 1 aliphatic carbocycles. The molecule has 1 aromatic heterocycles. The second-order valence-electron chi connectivity index (χ2n) is 10.2. The SMILES string of the molecule is CN(C)[C@H]1CC[C@@H](Nc2cccc3c2cc(C#CCNc2ccc(S(C)(=O)=O)cc2F)n3CC(F)(F)F)CC1. The van der Waals surface area contributed by atoms with Gasteiger partial charge in [-0.3, -0.25) is 0 Å². The number of nitrogens with zero attached hydrogens (tertiary/aromatic N) is 2. The number of benzene rings is 2. The van der Waals surface area contributed by atoms with Crippen LogP contribution in [-0.2, 0) is 16.4 Å². The fourth-order valence-corrected chi connectivity index (χ4v) is 5.60. The van der Waals surface area contributed by atoms with E-state index < -0.39 is 28.4 Å². The summed E-state index contributed by atoms with van der Waals surface area (Å²) in [6, 6.07) is 11.2. The van der Waals surface area contributed by atoms with Crippen molar-refractivity contribution in [3.05, 3.63) is 54.0 Å². The molecular formula is C28H32F4N4O2S. The number of hydrogen-bond acceptors (Lipinski definition) is 5. The maximum Gasteiger partial charge on any atom is 0.406 e. The first kappa shape index (κ1) is 28.8. The Bertz CT molecular complexity index is 1500. The Hall–Kier alpha value is -3.23. The van der Waals surface area contributed by atoms with E-state index in [0.717, 1.165) is 48.3 Å². The molecule has 0 radical (unpaired) electrons. The average molecular weight is 565 g/mol. The molecule has 6 nitrogen and oxygen atoms in total. The number of anilines is 2. The van der Waals surface area contributed by atoms with E-state index >= 15 is 0 Å². The summed E-state index contributed by atoms with van der Waals surface area (Å²) >= 11 is 0. The lowest BCUT2D eigenvalue weighted by molar-refractivity contribution is -0.140. The molecule has 0 unspecified atom stereocenters. The topological polar surface area (TPSA) is 66.4 Å². The average Bonchev–Trinajstić information content (AvgIpc) is 3.19. The molecule has 2 aromatic carbocycles. The Morgan fingerprint density at radius 3 is 2.38 bits per heavy atom. The molecule has 3 aromatic rings. The third-order valence-electron chi connectivity index (χ3n) is 7.02. The summed E-state index contributed by atoms with van der Waals surface area (Å²) in [5.74, 6) is 4.80. The van der Waals surface area contributed by atoms with Gasteiger partial charge in [0.1, 0.15) is 12.4 Å². The smallest absolute Gasteiger partial charge is 0.382 e. The fraction of sp³-hybridized carbons (Fsp3) is 0.429. The minimum Gasteiger partial charge on any atom is -0.382 e. The molecule has 0 spiro atoms. The zero-order valence-corrected chi connectivity index (χ0v) is 22.9. The van der Waals surface area contributed by atoms with Gasteiger partial charge in [0.15, 0.2) is 9.84 Å². The highest BCUT2D eigenvalue weighted by Gasteiger charge is 2.30.